The lowest BCUT2D eigenvalue weighted by atomic mass is 9.96. The molecule has 1 atom stereocenters. The lowest BCUT2D eigenvalue weighted by Gasteiger charge is -2.32. The number of alkyl halides is 3. The van der Waals surface area contributed by atoms with Crippen LogP contribution in [0.25, 0.3) is 0 Å². The number of piperidine rings is 1. The van der Waals surface area contributed by atoms with E-state index in [1.807, 2.05) is 18.9 Å². The SMILES string of the molecule is CNC(C)CNC(=O)C1CCN(c2ncc(C(F)(F)F)cc2Cl)CC1.Cl. The maximum atomic E-state index is 12.7. The molecule has 1 aliphatic heterocycles. The number of carbonyl (C=O) groups is 1. The van der Waals surface area contributed by atoms with Gasteiger partial charge in [-0.3, -0.25) is 4.79 Å². The third-order valence-corrected chi connectivity index (χ3v) is 4.67. The molecule has 26 heavy (non-hydrogen) atoms. The van der Waals surface area contributed by atoms with Gasteiger partial charge in [0.15, 0.2) is 0 Å². The number of pyridine rings is 1. The number of nitrogens with zero attached hydrogens (tertiary/aromatic N) is 2. The Morgan fingerprint density at radius 1 is 1.42 bits per heavy atom. The van der Waals surface area contributed by atoms with Gasteiger partial charge in [-0.05, 0) is 32.9 Å². The van der Waals surface area contributed by atoms with Crippen LogP contribution in [0.15, 0.2) is 12.3 Å². The summed E-state index contributed by atoms with van der Waals surface area (Å²) in [5.74, 6) is 0.235. The van der Waals surface area contributed by atoms with E-state index in [1.54, 1.807) is 0 Å². The molecule has 0 aliphatic carbocycles. The second-order valence-corrected chi connectivity index (χ2v) is 6.63. The summed E-state index contributed by atoms with van der Waals surface area (Å²) in [4.78, 5) is 17.9. The number of hydrogen-bond acceptors (Lipinski definition) is 4. The summed E-state index contributed by atoms with van der Waals surface area (Å²) in [7, 11) is 1.83. The number of amides is 1. The highest BCUT2D eigenvalue weighted by atomic mass is 35.5. The highest BCUT2D eigenvalue weighted by Gasteiger charge is 2.33. The number of carbonyl (C=O) groups excluding carboxylic acids is 1. The molecular weight excluding hydrogens is 392 g/mol. The third-order valence-electron chi connectivity index (χ3n) is 4.39. The molecule has 2 N–H and O–H groups in total. The van der Waals surface area contributed by atoms with E-state index in [2.05, 4.69) is 15.6 Å². The average molecular weight is 415 g/mol. The monoisotopic (exact) mass is 414 g/mol. The zero-order valence-corrected chi connectivity index (χ0v) is 16.1. The van der Waals surface area contributed by atoms with Gasteiger partial charge < -0.3 is 15.5 Å². The molecule has 5 nitrogen and oxygen atoms in total. The van der Waals surface area contributed by atoms with Crippen molar-refractivity contribution in [2.45, 2.75) is 32.0 Å². The first-order chi connectivity index (χ1) is 11.7. The van der Waals surface area contributed by atoms with E-state index in [-0.39, 0.29) is 35.3 Å². The Balaban J connectivity index is 0.00000338. The van der Waals surface area contributed by atoms with Gasteiger partial charge in [0.25, 0.3) is 0 Å². The minimum absolute atomic E-state index is 0. The minimum atomic E-state index is -4.47. The third kappa shape index (κ3) is 5.89. The molecule has 0 saturated carbocycles. The van der Waals surface area contributed by atoms with Gasteiger partial charge in [-0.2, -0.15) is 13.2 Å². The van der Waals surface area contributed by atoms with E-state index in [0.717, 1.165) is 12.3 Å². The molecule has 2 heterocycles. The van der Waals surface area contributed by atoms with Gasteiger partial charge in [-0.25, -0.2) is 4.98 Å². The molecule has 148 valence electrons. The van der Waals surface area contributed by atoms with Gasteiger partial charge in [-0.15, -0.1) is 12.4 Å². The summed E-state index contributed by atoms with van der Waals surface area (Å²) in [6, 6.07) is 1.08. The quantitative estimate of drug-likeness (QED) is 0.776. The van der Waals surface area contributed by atoms with Crippen molar-refractivity contribution >= 4 is 35.7 Å². The lowest BCUT2D eigenvalue weighted by Crippen LogP contribution is -2.44. The highest BCUT2D eigenvalue weighted by molar-refractivity contribution is 6.33. The van der Waals surface area contributed by atoms with Crippen molar-refractivity contribution in [2.75, 3.05) is 31.6 Å². The Hall–Kier alpha value is -1.25. The normalized spacial score (nSPS) is 16.8. The minimum Gasteiger partial charge on any atom is -0.355 e. The molecule has 1 fully saturated rings. The van der Waals surface area contributed by atoms with Gasteiger partial charge in [0, 0.05) is 37.8 Å². The van der Waals surface area contributed by atoms with Crippen molar-refractivity contribution in [3.63, 3.8) is 0 Å². The van der Waals surface area contributed by atoms with E-state index in [4.69, 9.17) is 11.6 Å². The molecule has 10 heteroatoms. The van der Waals surface area contributed by atoms with Crippen molar-refractivity contribution in [3.8, 4) is 0 Å². The largest absolute Gasteiger partial charge is 0.417 e. The second-order valence-electron chi connectivity index (χ2n) is 6.22. The smallest absolute Gasteiger partial charge is 0.355 e. The first-order valence-corrected chi connectivity index (χ1v) is 8.52. The van der Waals surface area contributed by atoms with Crippen molar-refractivity contribution in [1.82, 2.24) is 15.6 Å². The molecule has 0 radical (unpaired) electrons. The van der Waals surface area contributed by atoms with Crippen LogP contribution in [-0.2, 0) is 11.0 Å². The van der Waals surface area contributed by atoms with Crippen molar-refractivity contribution in [2.24, 2.45) is 5.92 Å². The molecule has 0 bridgehead atoms. The Labute approximate surface area is 162 Å². The van der Waals surface area contributed by atoms with E-state index >= 15 is 0 Å². The van der Waals surface area contributed by atoms with Crippen LogP contribution in [0.5, 0.6) is 0 Å². The number of nitrogens with one attached hydrogen (secondary N) is 2. The number of likely N-dealkylation sites (N-methyl/N-ethyl adjacent to an activating group) is 1. The van der Waals surface area contributed by atoms with Crippen LogP contribution >= 0.6 is 24.0 Å². The van der Waals surface area contributed by atoms with Crippen LogP contribution in [0.1, 0.15) is 25.3 Å². The summed E-state index contributed by atoms with van der Waals surface area (Å²) in [6.07, 6.45) is -2.46. The first kappa shape index (κ1) is 22.8. The molecular formula is C16H23Cl2F3N4O. The lowest BCUT2D eigenvalue weighted by molar-refractivity contribution is -0.137. The molecule has 1 unspecified atom stereocenters. The molecule has 1 aromatic rings. The van der Waals surface area contributed by atoms with Gasteiger partial charge in [-0.1, -0.05) is 11.6 Å². The number of aromatic nitrogens is 1. The fraction of sp³-hybridized carbons (Fsp3) is 0.625. The number of halogens is 5. The van der Waals surface area contributed by atoms with E-state index in [0.29, 0.717) is 38.3 Å². The van der Waals surface area contributed by atoms with Gasteiger partial charge in [0.1, 0.15) is 5.82 Å². The van der Waals surface area contributed by atoms with Gasteiger partial charge in [0.05, 0.1) is 10.6 Å². The number of anilines is 1. The Kier molecular flexibility index (Phi) is 8.43. The first-order valence-electron chi connectivity index (χ1n) is 8.15. The topological polar surface area (TPSA) is 57.3 Å². The van der Waals surface area contributed by atoms with Crippen molar-refractivity contribution < 1.29 is 18.0 Å². The molecule has 0 aromatic carbocycles. The summed E-state index contributed by atoms with van der Waals surface area (Å²) in [6.45, 7) is 3.58. The van der Waals surface area contributed by atoms with E-state index in [1.165, 1.54) is 0 Å². The van der Waals surface area contributed by atoms with E-state index in [9.17, 15) is 18.0 Å². The van der Waals surface area contributed by atoms with Crippen LogP contribution in [0.3, 0.4) is 0 Å². The van der Waals surface area contributed by atoms with Crippen LogP contribution in [0.4, 0.5) is 19.0 Å². The Bertz CT molecular complexity index is 608. The maximum absolute atomic E-state index is 12.7. The number of hydrogen-bond donors (Lipinski definition) is 2. The summed E-state index contributed by atoms with van der Waals surface area (Å²) in [5.41, 5.74) is -0.867. The summed E-state index contributed by atoms with van der Waals surface area (Å²) in [5, 5.41) is 5.93. The molecule has 1 aromatic heterocycles. The second kappa shape index (κ2) is 9.62. The van der Waals surface area contributed by atoms with Crippen LogP contribution < -0.4 is 15.5 Å². The Morgan fingerprint density at radius 2 is 2.04 bits per heavy atom. The predicted molar refractivity (Wildman–Crippen MR) is 98.0 cm³/mol. The molecule has 1 saturated heterocycles. The summed E-state index contributed by atoms with van der Waals surface area (Å²) < 4.78 is 38.0. The summed E-state index contributed by atoms with van der Waals surface area (Å²) >= 11 is 5.98. The van der Waals surface area contributed by atoms with Crippen molar-refractivity contribution in [1.29, 1.82) is 0 Å². The fourth-order valence-electron chi connectivity index (χ4n) is 2.67. The zero-order chi connectivity index (χ0) is 18.6. The standard InChI is InChI=1S/C16H22ClF3N4O.ClH/c1-10(21-2)8-23-15(25)11-3-5-24(6-4-11)14-13(17)7-12(9-22-14)16(18,19)20;/h7,9-11,21H,3-6,8H2,1-2H3,(H,23,25);1H. The average Bonchev–Trinajstić information content (AvgIpc) is 2.58. The number of rotatable bonds is 5. The van der Waals surface area contributed by atoms with Gasteiger partial charge in [0.2, 0.25) is 5.91 Å². The molecule has 0 spiro atoms. The van der Waals surface area contributed by atoms with Crippen molar-refractivity contribution in [3.05, 3.63) is 22.8 Å². The van der Waals surface area contributed by atoms with Crippen LogP contribution in [0.2, 0.25) is 5.02 Å². The Morgan fingerprint density at radius 3 is 2.54 bits per heavy atom. The van der Waals surface area contributed by atoms with Gasteiger partial charge >= 0.3 is 6.18 Å². The molecule has 1 amide bonds. The fourth-order valence-corrected chi connectivity index (χ4v) is 2.96. The van der Waals surface area contributed by atoms with E-state index < -0.39 is 11.7 Å². The maximum Gasteiger partial charge on any atom is 0.417 e. The zero-order valence-electron chi connectivity index (χ0n) is 14.6. The molecule has 2 rings (SSSR count). The molecule has 1 aliphatic rings. The predicted octanol–water partition coefficient (Wildman–Crippen LogP) is 3.12. The highest BCUT2D eigenvalue weighted by Crippen LogP contribution is 2.34. The van der Waals surface area contributed by atoms with Crippen LogP contribution in [-0.4, -0.2) is 43.6 Å². The van der Waals surface area contributed by atoms with Crippen LogP contribution in [0, 0.1) is 5.92 Å².